The number of benzene rings is 5. The first-order valence-corrected chi connectivity index (χ1v) is 13.6. The number of aryl methyl sites for hydroxylation is 1. The number of hydrogen-bond donors (Lipinski definition) is 2. The molecular formula is C36H32O3. The van der Waals surface area contributed by atoms with E-state index in [0.29, 0.717) is 12.8 Å². The number of allylic oxidation sites excluding steroid dienone is 2. The van der Waals surface area contributed by atoms with Crippen molar-refractivity contribution in [3.05, 3.63) is 131 Å². The van der Waals surface area contributed by atoms with Gasteiger partial charge in [-0.2, -0.15) is 0 Å². The van der Waals surface area contributed by atoms with Crippen molar-refractivity contribution in [1.29, 1.82) is 0 Å². The molecular weight excluding hydrogens is 480 g/mol. The van der Waals surface area contributed by atoms with Crippen LogP contribution < -0.4 is 4.74 Å². The molecule has 2 N–H and O–H groups in total. The van der Waals surface area contributed by atoms with Crippen molar-refractivity contribution >= 4 is 21.5 Å². The van der Waals surface area contributed by atoms with Crippen LogP contribution in [-0.4, -0.2) is 10.2 Å². The van der Waals surface area contributed by atoms with Crippen LogP contribution in [0.25, 0.3) is 21.5 Å². The van der Waals surface area contributed by atoms with Crippen molar-refractivity contribution in [3.63, 3.8) is 0 Å². The molecule has 0 unspecified atom stereocenters. The van der Waals surface area contributed by atoms with Crippen molar-refractivity contribution in [3.8, 4) is 23.0 Å². The molecule has 0 amide bonds. The Bertz CT molecular complexity index is 1640. The highest BCUT2D eigenvalue weighted by Gasteiger charge is 2.32. The van der Waals surface area contributed by atoms with E-state index in [-0.39, 0.29) is 17.4 Å². The van der Waals surface area contributed by atoms with Gasteiger partial charge in [-0.15, -0.1) is 13.2 Å². The van der Waals surface area contributed by atoms with Gasteiger partial charge in [0.1, 0.15) is 23.0 Å². The number of rotatable bonds is 7. The zero-order valence-electron chi connectivity index (χ0n) is 22.2. The van der Waals surface area contributed by atoms with Crippen LogP contribution in [0.15, 0.2) is 98.1 Å². The van der Waals surface area contributed by atoms with Gasteiger partial charge < -0.3 is 14.9 Å². The summed E-state index contributed by atoms with van der Waals surface area (Å²) in [5, 5.41) is 25.9. The lowest BCUT2D eigenvalue weighted by atomic mass is 9.78. The van der Waals surface area contributed by atoms with Gasteiger partial charge in [0.05, 0.1) is 0 Å². The highest BCUT2D eigenvalue weighted by molar-refractivity contribution is 5.96. The topological polar surface area (TPSA) is 49.7 Å². The molecule has 0 aliphatic carbocycles. The molecule has 5 aromatic carbocycles. The molecule has 0 atom stereocenters. The predicted octanol–water partition coefficient (Wildman–Crippen LogP) is 9.10. The van der Waals surface area contributed by atoms with Crippen LogP contribution in [0, 0.1) is 0 Å². The maximum Gasteiger partial charge on any atom is 0.132 e. The molecule has 1 aliphatic heterocycles. The molecule has 0 spiro atoms. The Balaban J connectivity index is 1.66. The minimum absolute atomic E-state index is 0.152. The minimum atomic E-state index is -0.152. The summed E-state index contributed by atoms with van der Waals surface area (Å²) in [6, 6.07) is 24.8. The second-order valence-corrected chi connectivity index (χ2v) is 10.4. The van der Waals surface area contributed by atoms with E-state index in [1.54, 1.807) is 12.2 Å². The maximum atomic E-state index is 10.9. The summed E-state index contributed by atoms with van der Waals surface area (Å²) in [5.74, 6) is 1.91. The standard InChI is InChI=1S/C36H32O3/c1-4-7-22-10-12-23(13-11-22)34-35-28-20-30(37)26(8-5-2)18-24(28)14-16-32(35)39-33-17-15-25-19-27(9-6-3)31(38)21-29(25)36(33)34/h5-6,10-21,34,37-38H,2-4,7-9H2,1H3. The highest BCUT2D eigenvalue weighted by atomic mass is 16.5. The summed E-state index contributed by atoms with van der Waals surface area (Å²) in [6.45, 7) is 9.87. The largest absolute Gasteiger partial charge is 0.508 e. The predicted molar refractivity (Wildman–Crippen MR) is 160 cm³/mol. The molecule has 1 heterocycles. The van der Waals surface area contributed by atoms with Crippen molar-refractivity contribution in [2.75, 3.05) is 0 Å². The third-order valence-electron chi connectivity index (χ3n) is 7.82. The number of phenols is 2. The normalized spacial score (nSPS) is 12.6. The summed E-state index contributed by atoms with van der Waals surface area (Å²) in [4.78, 5) is 0. The molecule has 0 bridgehead atoms. The van der Waals surface area contributed by atoms with E-state index in [1.165, 1.54) is 5.56 Å². The summed E-state index contributed by atoms with van der Waals surface area (Å²) in [5.41, 5.74) is 6.19. The third-order valence-corrected chi connectivity index (χ3v) is 7.82. The minimum Gasteiger partial charge on any atom is -0.508 e. The second kappa shape index (κ2) is 9.99. The summed E-state index contributed by atoms with van der Waals surface area (Å²) in [7, 11) is 0. The highest BCUT2D eigenvalue weighted by Crippen LogP contribution is 2.53. The number of hydrogen-bond acceptors (Lipinski definition) is 3. The van der Waals surface area contributed by atoms with E-state index in [2.05, 4.69) is 56.5 Å². The van der Waals surface area contributed by atoms with Crippen LogP contribution in [0.1, 0.15) is 52.6 Å². The Labute approximate surface area is 229 Å². The van der Waals surface area contributed by atoms with Gasteiger partial charge in [-0.1, -0.05) is 61.9 Å². The van der Waals surface area contributed by atoms with E-state index in [4.69, 9.17) is 4.74 Å². The van der Waals surface area contributed by atoms with Gasteiger partial charge in [-0.05, 0) is 99.5 Å². The maximum absolute atomic E-state index is 10.9. The van der Waals surface area contributed by atoms with Crippen LogP contribution in [-0.2, 0) is 19.3 Å². The fourth-order valence-corrected chi connectivity index (χ4v) is 6.00. The van der Waals surface area contributed by atoms with E-state index < -0.39 is 0 Å². The zero-order chi connectivity index (χ0) is 27.1. The van der Waals surface area contributed by atoms with Gasteiger partial charge in [0, 0.05) is 17.0 Å². The van der Waals surface area contributed by atoms with E-state index in [1.807, 2.05) is 36.4 Å². The molecule has 0 fully saturated rings. The lowest BCUT2D eigenvalue weighted by Gasteiger charge is -2.31. The van der Waals surface area contributed by atoms with Gasteiger partial charge in [-0.3, -0.25) is 0 Å². The molecule has 1 aliphatic rings. The fraction of sp³-hybridized carbons (Fsp3) is 0.167. The lowest BCUT2D eigenvalue weighted by molar-refractivity contribution is 0.455. The molecule has 3 heteroatoms. The summed E-state index contributed by atoms with van der Waals surface area (Å²) >= 11 is 0. The Morgan fingerprint density at radius 1 is 0.718 bits per heavy atom. The third kappa shape index (κ3) is 4.24. The average molecular weight is 513 g/mol. The number of fused-ring (bicyclic) bond motifs is 6. The van der Waals surface area contributed by atoms with Gasteiger partial charge >= 0.3 is 0 Å². The van der Waals surface area contributed by atoms with Crippen molar-refractivity contribution in [1.82, 2.24) is 0 Å². The molecule has 0 radical (unpaired) electrons. The molecule has 5 aromatic rings. The second-order valence-electron chi connectivity index (χ2n) is 10.4. The Kier molecular flexibility index (Phi) is 6.36. The molecule has 194 valence electrons. The molecule has 6 rings (SSSR count). The van der Waals surface area contributed by atoms with Crippen LogP contribution in [0.2, 0.25) is 0 Å². The lowest BCUT2D eigenvalue weighted by Crippen LogP contribution is -2.13. The van der Waals surface area contributed by atoms with Crippen LogP contribution in [0.3, 0.4) is 0 Å². The number of ether oxygens (including phenoxy) is 1. The first-order valence-electron chi connectivity index (χ1n) is 13.6. The Morgan fingerprint density at radius 2 is 1.23 bits per heavy atom. The Hall–Kier alpha value is -4.50. The van der Waals surface area contributed by atoms with Crippen molar-refractivity contribution in [2.24, 2.45) is 0 Å². The fourth-order valence-electron chi connectivity index (χ4n) is 6.00. The van der Waals surface area contributed by atoms with Gasteiger partial charge in [0.2, 0.25) is 0 Å². The molecule has 3 nitrogen and oxygen atoms in total. The summed E-state index contributed by atoms with van der Waals surface area (Å²) in [6.07, 6.45) is 6.93. The quantitative estimate of drug-likeness (QED) is 0.210. The van der Waals surface area contributed by atoms with Crippen LogP contribution >= 0.6 is 0 Å². The van der Waals surface area contributed by atoms with Crippen LogP contribution in [0.5, 0.6) is 23.0 Å². The monoisotopic (exact) mass is 512 g/mol. The first-order chi connectivity index (χ1) is 19.0. The first kappa shape index (κ1) is 24.8. The van der Waals surface area contributed by atoms with Gasteiger partial charge in [0.25, 0.3) is 0 Å². The Morgan fingerprint density at radius 3 is 1.69 bits per heavy atom. The van der Waals surface area contributed by atoms with E-state index in [0.717, 1.165) is 73.7 Å². The molecule has 0 saturated heterocycles. The summed E-state index contributed by atoms with van der Waals surface area (Å²) < 4.78 is 6.55. The molecule has 0 saturated carbocycles. The van der Waals surface area contributed by atoms with E-state index in [9.17, 15) is 10.2 Å². The molecule has 39 heavy (non-hydrogen) atoms. The van der Waals surface area contributed by atoms with Crippen molar-refractivity contribution in [2.45, 2.75) is 38.5 Å². The number of aromatic hydroxyl groups is 2. The van der Waals surface area contributed by atoms with Crippen LogP contribution in [0.4, 0.5) is 0 Å². The molecule has 0 aromatic heterocycles. The number of phenolic OH excluding ortho intramolecular Hbond substituents is 2. The smallest absolute Gasteiger partial charge is 0.132 e. The van der Waals surface area contributed by atoms with Crippen molar-refractivity contribution < 1.29 is 14.9 Å². The zero-order valence-corrected chi connectivity index (χ0v) is 22.2. The van der Waals surface area contributed by atoms with E-state index >= 15 is 0 Å². The van der Waals surface area contributed by atoms with Gasteiger partial charge in [0.15, 0.2) is 0 Å². The van der Waals surface area contributed by atoms with Gasteiger partial charge in [-0.25, -0.2) is 0 Å². The average Bonchev–Trinajstić information content (AvgIpc) is 2.94. The SMILES string of the molecule is C=CCc1cc2ccc3c(c2cc1O)C(c1ccc(CCC)cc1)c1c(ccc2cc(CC=C)c(O)cc12)O3.